The van der Waals surface area contributed by atoms with Crippen LogP contribution >= 0.6 is 22.7 Å². The molecule has 0 aliphatic rings. The number of nitrogen functional groups attached to an aromatic ring is 2. The summed E-state index contributed by atoms with van der Waals surface area (Å²) in [4.78, 5) is 14.1. The maximum absolute atomic E-state index is 5.87. The van der Waals surface area contributed by atoms with E-state index >= 15 is 0 Å². The highest BCUT2D eigenvalue weighted by Gasteiger charge is 2.12. The van der Waals surface area contributed by atoms with Crippen LogP contribution in [0.25, 0.3) is 41.8 Å². The summed E-state index contributed by atoms with van der Waals surface area (Å²) in [6.07, 6.45) is 0. The van der Waals surface area contributed by atoms with Gasteiger partial charge >= 0.3 is 0 Å². The van der Waals surface area contributed by atoms with E-state index in [4.69, 9.17) is 16.5 Å². The van der Waals surface area contributed by atoms with Crippen LogP contribution in [0.5, 0.6) is 0 Å². The number of hydrogen-bond donors (Lipinski definition) is 2. The van der Waals surface area contributed by atoms with Gasteiger partial charge in [0.15, 0.2) is 0 Å². The fourth-order valence-electron chi connectivity index (χ4n) is 2.77. The molecule has 0 spiro atoms. The van der Waals surface area contributed by atoms with Gasteiger partial charge in [0.05, 0.1) is 31.8 Å². The average molecular weight is 375 g/mol. The van der Waals surface area contributed by atoms with E-state index in [1.165, 1.54) is 0 Å². The summed E-state index contributed by atoms with van der Waals surface area (Å²) in [6.45, 7) is 0. The first kappa shape index (κ1) is 15.2. The molecule has 26 heavy (non-hydrogen) atoms. The number of nitrogens with zero attached hydrogens (tertiary/aromatic N) is 3. The van der Waals surface area contributed by atoms with Crippen molar-refractivity contribution in [1.29, 1.82) is 0 Å². The molecular weight excluding hydrogens is 362 g/mol. The second kappa shape index (κ2) is 5.76. The molecule has 0 unspecified atom stereocenters. The Kier molecular flexibility index (Phi) is 3.37. The summed E-state index contributed by atoms with van der Waals surface area (Å²) in [5.74, 6) is 0. The summed E-state index contributed by atoms with van der Waals surface area (Å²) >= 11 is 3.18. The highest BCUT2D eigenvalue weighted by molar-refractivity contribution is 7.22. The molecule has 0 atom stereocenters. The summed E-state index contributed by atoms with van der Waals surface area (Å²) in [6, 6.07) is 17.4. The molecule has 0 amide bonds. The normalized spacial score (nSPS) is 11.4. The quantitative estimate of drug-likeness (QED) is 0.433. The highest BCUT2D eigenvalue weighted by atomic mass is 32.1. The number of benzene rings is 2. The van der Waals surface area contributed by atoms with E-state index in [1.54, 1.807) is 22.7 Å². The first-order valence-corrected chi connectivity index (χ1v) is 9.59. The number of thiazole rings is 2. The molecule has 0 fully saturated rings. The van der Waals surface area contributed by atoms with Gasteiger partial charge in [-0.05, 0) is 48.5 Å². The Labute approximate surface area is 157 Å². The third-order valence-corrected chi connectivity index (χ3v) is 6.09. The van der Waals surface area contributed by atoms with E-state index in [1.807, 2.05) is 54.6 Å². The number of rotatable bonds is 2. The second-order valence-electron chi connectivity index (χ2n) is 5.90. The lowest BCUT2D eigenvalue weighted by Crippen LogP contribution is -1.86. The minimum absolute atomic E-state index is 0.739. The van der Waals surface area contributed by atoms with Gasteiger partial charge in [-0.1, -0.05) is 6.07 Å². The van der Waals surface area contributed by atoms with Gasteiger partial charge in [-0.15, -0.1) is 22.7 Å². The van der Waals surface area contributed by atoms with Gasteiger partial charge in [0.1, 0.15) is 10.0 Å². The smallest absolute Gasteiger partial charge is 0.143 e. The monoisotopic (exact) mass is 375 g/mol. The van der Waals surface area contributed by atoms with Crippen molar-refractivity contribution in [1.82, 2.24) is 15.0 Å². The molecule has 3 aromatic heterocycles. The highest BCUT2D eigenvalue weighted by Crippen LogP contribution is 2.34. The molecule has 0 saturated heterocycles. The zero-order valence-corrected chi connectivity index (χ0v) is 15.1. The van der Waals surface area contributed by atoms with Gasteiger partial charge in [0.25, 0.3) is 0 Å². The molecule has 0 saturated carbocycles. The summed E-state index contributed by atoms with van der Waals surface area (Å²) in [5, 5.41) is 1.75. The van der Waals surface area contributed by atoms with Crippen LogP contribution < -0.4 is 11.5 Å². The predicted molar refractivity (Wildman–Crippen MR) is 110 cm³/mol. The summed E-state index contributed by atoms with van der Waals surface area (Å²) in [5.41, 5.74) is 16.7. The molecule has 0 aliphatic carbocycles. The fraction of sp³-hybridized carbons (Fsp3) is 0. The zero-order chi connectivity index (χ0) is 17.7. The topological polar surface area (TPSA) is 90.7 Å². The summed E-state index contributed by atoms with van der Waals surface area (Å²) < 4.78 is 2.12. The SMILES string of the molecule is Nc1ccc2nc(-c3cccc(-c4nc5ccc(N)cc5s4)n3)sc2c1. The average Bonchev–Trinajstić information content (AvgIpc) is 3.25. The van der Waals surface area contributed by atoms with Gasteiger partial charge in [0, 0.05) is 11.4 Å². The maximum Gasteiger partial charge on any atom is 0.143 e. The maximum atomic E-state index is 5.87. The van der Waals surface area contributed by atoms with Crippen LogP contribution in [0, 0.1) is 0 Å². The van der Waals surface area contributed by atoms with Gasteiger partial charge in [-0.2, -0.15) is 0 Å². The van der Waals surface area contributed by atoms with Crippen LogP contribution in [0.3, 0.4) is 0 Å². The van der Waals surface area contributed by atoms with Gasteiger partial charge in [-0.25, -0.2) is 15.0 Å². The zero-order valence-electron chi connectivity index (χ0n) is 13.5. The molecule has 0 aliphatic heterocycles. The molecule has 3 heterocycles. The van der Waals surface area contributed by atoms with Crippen molar-refractivity contribution in [2.24, 2.45) is 0 Å². The summed E-state index contributed by atoms with van der Waals surface area (Å²) in [7, 11) is 0. The lowest BCUT2D eigenvalue weighted by molar-refractivity contribution is 1.29. The predicted octanol–water partition coefficient (Wildman–Crippen LogP) is 4.80. The van der Waals surface area contributed by atoms with Crippen LogP contribution in [0.4, 0.5) is 11.4 Å². The van der Waals surface area contributed by atoms with Gasteiger partial charge in [-0.3, -0.25) is 0 Å². The Morgan fingerprint density at radius 2 is 1.12 bits per heavy atom. The van der Waals surface area contributed by atoms with E-state index in [9.17, 15) is 0 Å². The lowest BCUT2D eigenvalue weighted by Gasteiger charge is -1.98. The first-order chi connectivity index (χ1) is 12.7. The molecular formula is C19H13N5S2. The third kappa shape index (κ3) is 2.58. The van der Waals surface area contributed by atoms with Gasteiger partial charge in [0.2, 0.25) is 0 Å². The van der Waals surface area contributed by atoms with Crippen LogP contribution in [-0.2, 0) is 0 Å². The minimum atomic E-state index is 0.739. The lowest BCUT2D eigenvalue weighted by atomic mass is 10.3. The van der Waals surface area contributed by atoms with Crippen molar-refractivity contribution in [2.75, 3.05) is 11.5 Å². The number of nitrogens with two attached hydrogens (primary N) is 2. The standard InChI is InChI=1S/C19H13N5S2/c20-10-4-6-12-16(8-10)25-18(23-12)14-2-1-3-15(22-14)19-24-13-7-5-11(21)9-17(13)26-19/h1-9H,20-21H2. The number of aromatic nitrogens is 3. The third-order valence-electron chi connectivity index (χ3n) is 4.01. The minimum Gasteiger partial charge on any atom is -0.399 e. The Morgan fingerprint density at radius 1 is 0.615 bits per heavy atom. The number of anilines is 2. The van der Waals surface area contributed by atoms with Crippen molar-refractivity contribution >= 4 is 54.5 Å². The molecule has 5 aromatic rings. The van der Waals surface area contributed by atoms with E-state index in [0.717, 1.165) is 53.2 Å². The Hall–Kier alpha value is -3.03. The van der Waals surface area contributed by atoms with E-state index < -0.39 is 0 Å². The van der Waals surface area contributed by atoms with Crippen LogP contribution in [0.15, 0.2) is 54.6 Å². The van der Waals surface area contributed by atoms with Crippen molar-refractivity contribution in [3.8, 4) is 21.4 Å². The fourth-order valence-corrected chi connectivity index (χ4v) is 4.74. The van der Waals surface area contributed by atoms with E-state index in [2.05, 4.69) is 9.97 Å². The Bertz CT molecular complexity index is 1180. The van der Waals surface area contributed by atoms with Crippen LogP contribution in [-0.4, -0.2) is 15.0 Å². The molecule has 4 N–H and O–H groups in total. The van der Waals surface area contributed by atoms with E-state index in [0.29, 0.717) is 0 Å². The van der Waals surface area contributed by atoms with E-state index in [-0.39, 0.29) is 0 Å². The number of fused-ring (bicyclic) bond motifs is 2. The molecule has 5 nitrogen and oxygen atoms in total. The number of hydrogen-bond acceptors (Lipinski definition) is 7. The first-order valence-electron chi connectivity index (χ1n) is 7.96. The van der Waals surface area contributed by atoms with Crippen LogP contribution in [0.1, 0.15) is 0 Å². The molecule has 0 bridgehead atoms. The molecule has 7 heteroatoms. The molecule has 5 rings (SSSR count). The van der Waals surface area contributed by atoms with Crippen molar-refractivity contribution < 1.29 is 0 Å². The molecule has 2 aromatic carbocycles. The van der Waals surface area contributed by atoms with Crippen LogP contribution in [0.2, 0.25) is 0 Å². The molecule has 126 valence electrons. The Balaban J connectivity index is 1.60. The van der Waals surface area contributed by atoms with Gasteiger partial charge < -0.3 is 11.5 Å². The largest absolute Gasteiger partial charge is 0.399 e. The van der Waals surface area contributed by atoms with Crippen molar-refractivity contribution in [3.05, 3.63) is 54.6 Å². The second-order valence-corrected chi connectivity index (χ2v) is 7.96. The Morgan fingerprint density at radius 3 is 1.62 bits per heavy atom. The van der Waals surface area contributed by atoms with Crippen molar-refractivity contribution in [2.45, 2.75) is 0 Å². The van der Waals surface area contributed by atoms with Crippen molar-refractivity contribution in [3.63, 3.8) is 0 Å². The molecule has 0 radical (unpaired) electrons. The number of pyridine rings is 1.